The Hall–Kier alpha value is -2.64. The third-order valence-corrected chi connectivity index (χ3v) is 4.55. The summed E-state index contributed by atoms with van der Waals surface area (Å²) in [6, 6.07) is 9.35. The van der Waals surface area contributed by atoms with Gasteiger partial charge in [0.25, 0.3) is 0 Å². The number of nitrogens with two attached hydrogens (primary N) is 1. The Kier molecular flexibility index (Phi) is 7.37. The SMILES string of the molecule is Cl.Cl.Nc1cccc2c1CCCN2C(=O)CCc1nc(-c2ccncc2)no1. The Bertz CT molecular complexity index is 933. The molecule has 3 aromatic rings. The first-order valence-electron chi connectivity index (χ1n) is 8.63. The second-order valence-corrected chi connectivity index (χ2v) is 6.24. The topological polar surface area (TPSA) is 98.1 Å². The first-order valence-corrected chi connectivity index (χ1v) is 8.63. The van der Waals surface area contributed by atoms with Crippen LogP contribution in [0.1, 0.15) is 24.3 Å². The summed E-state index contributed by atoms with van der Waals surface area (Å²) in [7, 11) is 0. The number of hydrogen-bond acceptors (Lipinski definition) is 6. The summed E-state index contributed by atoms with van der Waals surface area (Å²) in [5.74, 6) is 1.00. The van der Waals surface area contributed by atoms with Crippen LogP contribution in [-0.4, -0.2) is 27.6 Å². The zero-order valence-electron chi connectivity index (χ0n) is 15.1. The van der Waals surface area contributed by atoms with E-state index in [9.17, 15) is 4.79 Å². The third-order valence-electron chi connectivity index (χ3n) is 4.55. The number of carbonyl (C=O) groups excluding carboxylic acids is 1. The summed E-state index contributed by atoms with van der Waals surface area (Å²) >= 11 is 0. The number of aromatic nitrogens is 3. The fourth-order valence-corrected chi connectivity index (χ4v) is 3.23. The Balaban J connectivity index is 0.00000140. The number of anilines is 2. The molecule has 148 valence electrons. The predicted octanol–water partition coefficient (Wildman–Crippen LogP) is 3.47. The van der Waals surface area contributed by atoms with E-state index in [1.165, 1.54) is 0 Å². The van der Waals surface area contributed by atoms with E-state index in [2.05, 4.69) is 15.1 Å². The number of benzene rings is 1. The van der Waals surface area contributed by atoms with E-state index in [0.717, 1.165) is 35.3 Å². The van der Waals surface area contributed by atoms with E-state index in [-0.39, 0.29) is 30.7 Å². The van der Waals surface area contributed by atoms with Gasteiger partial charge in [0.05, 0.1) is 0 Å². The molecule has 0 aliphatic carbocycles. The zero-order valence-corrected chi connectivity index (χ0v) is 16.7. The van der Waals surface area contributed by atoms with Crippen molar-refractivity contribution in [2.24, 2.45) is 0 Å². The molecule has 7 nitrogen and oxygen atoms in total. The highest BCUT2D eigenvalue weighted by Crippen LogP contribution is 2.31. The van der Waals surface area contributed by atoms with Crippen LogP contribution in [0.25, 0.3) is 11.4 Å². The molecule has 0 bridgehead atoms. The number of rotatable bonds is 4. The molecule has 1 aliphatic heterocycles. The maximum absolute atomic E-state index is 12.7. The van der Waals surface area contributed by atoms with Gasteiger partial charge < -0.3 is 15.2 Å². The largest absolute Gasteiger partial charge is 0.398 e. The monoisotopic (exact) mass is 421 g/mol. The van der Waals surface area contributed by atoms with Gasteiger partial charge in [-0.25, -0.2) is 0 Å². The number of aryl methyl sites for hydroxylation is 1. The minimum Gasteiger partial charge on any atom is -0.398 e. The molecule has 0 saturated heterocycles. The fourth-order valence-electron chi connectivity index (χ4n) is 3.23. The summed E-state index contributed by atoms with van der Waals surface area (Å²) in [5.41, 5.74) is 9.62. The van der Waals surface area contributed by atoms with Gasteiger partial charge in [-0.3, -0.25) is 9.78 Å². The summed E-state index contributed by atoms with van der Waals surface area (Å²) < 4.78 is 5.27. The van der Waals surface area contributed by atoms with Gasteiger partial charge in [-0.2, -0.15) is 4.98 Å². The lowest BCUT2D eigenvalue weighted by molar-refractivity contribution is -0.118. The van der Waals surface area contributed by atoms with Crippen molar-refractivity contribution in [1.29, 1.82) is 0 Å². The van der Waals surface area contributed by atoms with Crippen LogP contribution in [0.5, 0.6) is 0 Å². The molecule has 0 spiro atoms. The number of amides is 1. The van der Waals surface area contributed by atoms with Crippen LogP contribution in [0.3, 0.4) is 0 Å². The first kappa shape index (κ1) is 21.7. The average molecular weight is 422 g/mol. The van der Waals surface area contributed by atoms with Gasteiger partial charge in [-0.1, -0.05) is 11.2 Å². The number of pyridine rings is 1. The Morgan fingerprint density at radius 1 is 1.18 bits per heavy atom. The number of hydrogen-bond donors (Lipinski definition) is 1. The first-order chi connectivity index (χ1) is 12.7. The second-order valence-electron chi connectivity index (χ2n) is 6.24. The van der Waals surface area contributed by atoms with Gasteiger partial charge in [0.1, 0.15) is 0 Å². The third kappa shape index (κ3) is 4.43. The molecule has 1 aliphatic rings. The van der Waals surface area contributed by atoms with Crippen molar-refractivity contribution in [2.75, 3.05) is 17.2 Å². The van der Waals surface area contributed by atoms with Gasteiger partial charge >= 0.3 is 0 Å². The molecule has 4 rings (SSSR count). The van der Waals surface area contributed by atoms with Crippen molar-refractivity contribution in [1.82, 2.24) is 15.1 Å². The minimum absolute atomic E-state index is 0. The van der Waals surface area contributed by atoms with E-state index in [0.29, 0.717) is 31.1 Å². The van der Waals surface area contributed by atoms with Crippen LogP contribution in [-0.2, 0) is 17.6 Å². The van der Waals surface area contributed by atoms with E-state index in [4.69, 9.17) is 10.3 Å². The Labute approximate surface area is 175 Å². The summed E-state index contributed by atoms with van der Waals surface area (Å²) in [5, 5.41) is 3.97. The summed E-state index contributed by atoms with van der Waals surface area (Å²) in [6.45, 7) is 0.710. The summed E-state index contributed by atoms with van der Waals surface area (Å²) in [4.78, 5) is 22.9. The van der Waals surface area contributed by atoms with Gasteiger partial charge in [-0.15, -0.1) is 24.8 Å². The van der Waals surface area contributed by atoms with Crippen LogP contribution in [0.15, 0.2) is 47.2 Å². The van der Waals surface area contributed by atoms with E-state index in [1.807, 2.05) is 35.2 Å². The van der Waals surface area contributed by atoms with E-state index < -0.39 is 0 Å². The molecule has 3 heterocycles. The highest BCUT2D eigenvalue weighted by Gasteiger charge is 2.24. The molecule has 1 amide bonds. The van der Waals surface area contributed by atoms with Gasteiger partial charge in [0.15, 0.2) is 0 Å². The van der Waals surface area contributed by atoms with Gasteiger partial charge in [-0.05, 0) is 42.7 Å². The fraction of sp³-hybridized carbons (Fsp3) is 0.263. The number of carbonyl (C=O) groups is 1. The number of nitrogen functional groups attached to an aromatic ring is 1. The molecule has 0 saturated carbocycles. The molecule has 28 heavy (non-hydrogen) atoms. The average Bonchev–Trinajstić information content (AvgIpc) is 3.16. The van der Waals surface area contributed by atoms with Crippen molar-refractivity contribution >= 4 is 42.1 Å². The number of halogens is 2. The quantitative estimate of drug-likeness (QED) is 0.647. The molecule has 0 atom stereocenters. The molecule has 0 radical (unpaired) electrons. The number of fused-ring (bicyclic) bond motifs is 1. The molecular formula is C19H21Cl2N5O2. The molecule has 0 fully saturated rings. The van der Waals surface area contributed by atoms with Crippen molar-refractivity contribution in [3.63, 3.8) is 0 Å². The van der Waals surface area contributed by atoms with Crippen molar-refractivity contribution in [2.45, 2.75) is 25.7 Å². The smallest absolute Gasteiger partial charge is 0.227 e. The van der Waals surface area contributed by atoms with Crippen molar-refractivity contribution < 1.29 is 9.32 Å². The molecular weight excluding hydrogens is 401 g/mol. The maximum Gasteiger partial charge on any atom is 0.227 e. The standard InChI is InChI=1S/C19H19N5O2.2ClH/c20-15-4-1-5-16-14(15)3-2-12-24(16)18(25)7-6-17-22-19(23-26-17)13-8-10-21-11-9-13;;/h1,4-5,8-11H,2-3,6-7,12,20H2;2*1H. The van der Waals surface area contributed by atoms with Gasteiger partial charge in [0.2, 0.25) is 17.6 Å². The highest BCUT2D eigenvalue weighted by atomic mass is 35.5. The number of nitrogens with zero attached hydrogens (tertiary/aromatic N) is 4. The molecule has 9 heteroatoms. The summed E-state index contributed by atoms with van der Waals surface area (Å²) in [6.07, 6.45) is 5.89. The van der Waals surface area contributed by atoms with Crippen LogP contribution in [0.4, 0.5) is 11.4 Å². The highest BCUT2D eigenvalue weighted by molar-refractivity contribution is 5.95. The van der Waals surface area contributed by atoms with E-state index >= 15 is 0 Å². The van der Waals surface area contributed by atoms with E-state index in [1.54, 1.807) is 12.4 Å². The second kappa shape index (κ2) is 9.52. The molecule has 1 aromatic carbocycles. The molecule has 2 N–H and O–H groups in total. The predicted molar refractivity (Wildman–Crippen MR) is 112 cm³/mol. The van der Waals surface area contributed by atoms with Crippen LogP contribution in [0.2, 0.25) is 0 Å². The van der Waals surface area contributed by atoms with Gasteiger partial charge in [0, 0.05) is 48.7 Å². The lowest BCUT2D eigenvalue weighted by Crippen LogP contribution is -2.35. The normalized spacial score (nSPS) is 12.5. The molecule has 0 unspecified atom stereocenters. The Morgan fingerprint density at radius 3 is 2.75 bits per heavy atom. The minimum atomic E-state index is 0. The maximum atomic E-state index is 12.7. The van der Waals surface area contributed by atoms with Crippen LogP contribution in [0, 0.1) is 0 Å². The lowest BCUT2D eigenvalue weighted by atomic mass is 9.99. The lowest BCUT2D eigenvalue weighted by Gasteiger charge is -2.30. The Morgan fingerprint density at radius 2 is 1.96 bits per heavy atom. The van der Waals surface area contributed by atoms with Crippen LogP contribution >= 0.6 is 24.8 Å². The van der Waals surface area contributed by atoms with Crippen LogP contribution < -0.4 is 10.6 Å². The molecule has 2 aromatic heterocycles. The van der Waals surface area contributed by atoms with Crippen molar-refractivity contribution in [3.8, 4) is 11.4 Å². The van der Waals surface area contributed by atoms with Crippen molar-refractivity contribution in [3.05, 3.63) is 54.2 Å². The zero-order chi connectivity index (χ0) is 17.9.